The molecule has 0 atom stereocenters. The number of aromatic amines is 1. The van der Waals surface area contributed by atoms with E-state index in [1.54, 1.807) is 0 Å². The first-order valence-corrected chi connectivity index (χ1v) is 7.95. The molecule has 0 radical (unpaired) electrons. The molecule has 1 N–H and O–H groups in total. The molecule has 0 saturated heterocycles. The third-order valence-corrected chi connectivity index (χ3v) is 5.19. The van der Waals surface area contributed by atoms with Crippen molar-refractivity contribution < 1.29 is 8.78 Å². The molecule has 1 aromatic carbocycles. The molecule has 1 aliphatic carbocycles. The standard InChI is InChI=1S/C16H12F2N2OS/c17-8-5-6-11(18)10(7-8)14-19-15(21)13-9-3-1-2-4-12(9)22-16(13)20-14/h5-7H,1-4H2,(H,19,20,21). The fraction of sp³-hybridized carbons (Fsp3) is 0.250. The number of benzene rings is 1. The second-order valence-corrected chi connectivity index (χ2v) is 6.51. The largest absolute Gasteiger partial charge is 0.306 e. The van der Waals surface area contributed by atoms with Crippen molar-refractivity contribution in [2.45, 2.75) is 25.7 Å². The van der Waals surface area contributed by atoms with Gasteiger partial charge in [0.2, 0.25) is 0 Å². The molecule has 0 saturated carbocycles. The maximum Gasteiger partial charge on any atom is 0.260 e. The van der Waals surface area contributed by atoms with E-state index in [0.29, 0.717) is 10.2 Å². The van der Waals surface area contributed by atoms with Crippen molar-refractivity contribution in [3.05, 3.63) is 50.6 Å². The lowest BCUT2D eigenvalue weighted by Gasteiger charge is -2.09. The van der Waals surface area contributed by atoms with E-state index in [1.807, 2.05) is 0 Å². The summed E-state index contributed by atoms with van der Waals surface area (Å²) in [6.07, 6.45) is 4.02. The van der Waals surface area contributed by atoms with E-state index in [9.17, 15) is 13.6 Å². The van der Waals surface area contributed by atoms with E-state index >= 15 is 0 Å². The molecule has 3 aromatic rings. The summed E-state index contributed by atoms with van der Waals surface area (Å²) < 4.78 is 27.2. The van der Waals surface area contributed by atoms with Crippen molar-refractivity contribution in [2.75, 3.05) is 0 Å². The molecule has 4 rings (SSSR count). The third kappa shape index (κ3) is 2.06. The van der Waals surface area contributed by atoms with Gasteiger partial charge in [0.15, 0.2) is 0 Å². The molecule has 3 nitrogen and oxygen atoms in total. The van der Waals surface area contributed by atoms with Gasteiger partial charge in [0.05, 0.1) is 10.9 Å². The average molecular weight is 318 g/mol. The van der Waals surface area contributed by atoms with E-state index in [1.165, 1.54) is 16.2 Å². The Morgan fingerprint density at radius 3 is 2.86 bits per heavy atom. The van der Waals surface area contributed by atoms with Crippen LogP contribution in [0.25, 0.3) is 21.6 Å². The van der Waals surface area contributed by atoms with Gasteiger partial charge in [-0.15, -0.1) is 11.3 Å². The highest BCUT2D eigenvalue weighted by Crippen LogP contribution is 2.34. The fourth-order valence-corrected chi connectivity index (χ4v) is 4.23. The molecule has 1 aliphatic rings. The van der Waals surface area contributed by atoms with Crippen molar-refractivity contribution in [3.63, 3.8) is 0 Å². The van der Waals surface area contributed by atoms with Gasteiger partial charge >= 0.3 is 0 Å². The van der Waals surface area contributed by atoms with Crippen LogP contribution in [0.2, 0.25) is 0 Å². The summed E-state index contributed by atoms with van der Waals surface area (Å²) >= 11 is 1.49. The van der Waals surface area contributed by atoms with Crippen molar-refractivity contribution >= 4 is 21.6 Å². The van der Waals surface area contributed by atoms with E-state index in [4.69, 9.17) is 0 Å². The summed E-state index contributed by atoms with van der Waals surface area (Å²) in [5.41, 5.74) is 0.777. The monoisotopic (exact) mass is 318 g/mol. The van der Waals surface area contributed by atoms with Crippen molar-refractivity contribution in [2.24, 2.45) is 0 Å². The molecule has 2 heterocycles. The SMILES string of the molecule is O=c1[nH]c(-c2cc(F)ccc2F)nc2sc3c(c12)CCCC3. The molecule has 22 heavy (non-hydrogen) atoms. The van der Waals surface area contributed by atoms with Crippen LogP contribution in [0.1, 0.15) is 23.3 Å². The van der Waals surface area contributed by atoms with E-state index in [0.717, 1.165) is 49.4 Å². The Balaban J connectivity index is 1.98. The van der Waals surface area contributed by atoms with Gasteiger partial charge in [0.1, 0.15) is 22.3 Å². The molecular formula is C16H12F2N2OS. The average Bonchev–Trinajstić information content (AvgIpc) is 2.88. The zero-order chi connectivity index (χ0) is 15.3. The number of H-pyrrole nitrogens is 1. The highest BCUT2D eigenvalue weighted by atomic mass is 32.1. The zero-order valence-corrected chi connectivity index (χ0v) is 12.4. The molecular weight excluding hydrogens is 306 g/mol. The minimum absolute atomic E-state index is 0.0228. The minimum atomic E-state index is -0.606. The highest BCUT2D eigenvalue weighted by molar-refractivity contribution is 7.18. The predicted molar refractivity (Wildman–Crippen MR) is 82.2 cm³/mol. The van der Waals surface area contributed by atoms with Crippen molar-refractivity contribution in [3.8, 4) is 11.4 Å². The first kappa shape index (κ1) is 13.6. The second kappa shape index (κ2) is 4.98. The van der Waals surface area contributed by atoms with Crippen LogP contribution in [0.3, 0.4) is 0 Å². The number of nitrogens with zero attached hydrogens (tertiary/aromatic N) is 1. The fourth-order valence-electron chi connectivity index (χ4n) is 2.97. The van der Waals surface area contributed by atoms with Gasteiger partial charge in [-0.05, 0) is 49.4 Å². The van der Waals surface area contributed by atoms with Crippen LogP contribution in [-0.2, 0) is 12.8 Å². The number of aromatic nitrogens is 2. The Kier molecular flexibility index (Phi) is 3.07. The molecule has 0 bridgehead atoms. The second-order valence-electron chi connectivity index (χ2n) is 5.43. The molecule has 6 heteroatoms. The highest BCUT2D eigenvalue weighted by Gasteiger charge is 2.20. The number of hydrogen-bond acceptors (Lipinski definition) is 3. The number of thiophene rings is 1. The maximum atomic E-state index is 13.9. The van der Waals surface area contributed by atoms with Crippen LogP contribution < -0.4 is 5.56 Å². The lowest BCUT2D eigenvalue weighted by molar-refractivity contribution is 0.602. The molecule has 0 spiro atoms. The number of aryl methyl sites for hydroxylation is 2. The number of halogens is 2. The van der Waals surface area contributed by atoms with Crippen LogP contribution in [0, 0.1) is 11.6 Å². The molecule has 0 fully saturated rings. The Labute approximate surface area is 128 Å². The van der Waals surface area contributed by atoms with Crippen molar-refractivity contribution in [1.29, 1.82) is 0 Å². The minimum Gasteiger partial charge on any atom is -0.306 e. The van der Waals surface area contributed by atoms with Gasteiger partial charge in [0, 0.05) is 4.88 Å². The molecule has 112 valence electrons. The summed E-state index contributed by atoms with van der Waals surface area (Å²) in [4.78, 5) is 21.2. The van der Waals surface area contributed by atoms with Gasteiger partial charge in [0.25, 0.3) is 5.56 Å². The Bertz CT molecular complexity index is 945. The van der Waals surface area contributed by atoms with E-state index in [-0.39, 0.29) is 16.9 Å². The third-order valence-electron chi connectivity index (χ3n) is 4.01. The van der Waals surface area contributed by atoms with Gasteiger partial charge in [-0.1, -0.05) is 0 Å². The van der Waals surface area contributed by atoms with E-state index < -0.39 is 11.6 Å². The molecule has 0 amide bonds. The number of fused-ring (bicyclic) bond motifs is 3. The van der Waals surface area contributed by atoms with Gasteiger partial charge < -0.3 is 4.98 Å². The van der Waals surface area contributed by atoms with Crippen molar-refractivity contribution in [1.82, 2.24) is 9.97 Å². The Morgan fingerprint density at radius 2 is 2.00 bits per heavy atom. The summed E-state index contributed by atoms with van der Waals surface area (Å²) in [6, 6.07) is 3.13. The summed E-state index contributed by atoms with van der Waals surface area (Å²) in [5, 5.41) is 0.611. The number of rotatable bonds is 1. The lowest BCUT2D eigenvalue weighted by Crippen LogP contribution is -2.11. The normalized spacial score (nSPS) is 14.3. The maximum absolute atomic E-state index is 13.9. The Morgan fingerprint density at radius 1 is 1.18 bits per heavy atom. The summed E-state index contributed by atoms with van der Waals surface area (Å²) in [6.45, 7) is 0. The van der Waals surface area contributed by atoms with Crippen LogP contribution in [0.4, 0.5) is 8.78 Å². The lowest BCUT2D eigenvalue weighted by atomic mass is 9.97. The van der Waals surface area contributed by atoms with Crippen LogP contribution in [-0.4, -0.2) is 9.97 Å². The molecule has 0 aliphatic heterocycles. The van der Waals surface area contributed by atoms with Crippen LogP contribution in [0.5, 0.6) is 0 Å². The van der Waals surface area contributed by atoms with Gasteiger partial charge in [-0.3, -0.25) is 4.79 Å². The molecule has 0 unspecified atom stereocenters. The Hall–Kier alpha value is -2.08. The summed E-state index contributed by atoms with van der Waals surface area (Å²) in [7, 11) is 0. The van der Waals surface area contributed by atoms with Gasteiger partial charge in [-0.2, -0.15) is 0 Å². The summed E-state index contributed by atoms with van der Waals surface area (Å²) in [5.74, 6) is -1.09. The first-order valence-electron chi connectivity index (χ1n) is 7.13. The van der Waals surface area contributed by atoms with Crippen LogP contribution in [0.15, 0.2) is 23.0 Å². The smallest absolute Gasteiger partial charge is 0.260 e. The molecule has 2 aromatic heterocycles. The van der Waals surface area contributed by atoms with E-state index in [2.05, 4.69) is 9.97 Å². The van der Waals surface area contributed by atoms with Gasteiger partial charge in [-0.25, -0.2) is 13.8 Å². The first-order chi connectivity index (χ1) is 10.6. The zero-order valence-electron chi connectivity index (χ0n) is 11.6. The predicted octanol–water partition coefficient (Wildman–Crippen LogP) is 3.81. The quantitative estimate of drug-likeness (QED) is 0.741. The number of hydrogen-bond donors (Lipinski definition) is 1. The van der Waals surface area contributed by atoms with Crippen LogP contribution >= 0.6 is 11.3 Å². The topological polar surface area (TPSA) is 45.8 Å². The number of nitrogens with one attached hydrogen (secondary N) is 1.